The van der Waals surface area contributed by atoms with E-state index in [0.29, 0.717) is 12.5 Å². The summed E-state index contributed by atoms with van der Waals surface area (Å²) in [5.41, 5.74) is 1.35. The maximum Gasteiger partial charge on any atom is 0.309 e. The quantitative estimate of drug-likeness (QED) is 0.388. The van der Waals surface area contributed by atoms with Gasteiger partial charge in [-0.1, -0.05) is 11.6 Å². The van der Waals surface area contributed by atoms with Crippen LogP contribution in [0.25, 0.3) is 0 Å². The van der Waals surface area contributed by atoms with Crippen LogP contribution in [-0.4, -0.2) is 12.6 Å². The Morgan fingerprint density at radius 3 is 3.18 bits per heavy atom. The fraction of sp³-hybridized carbons (Fsp3) is 0.667. The second-order valence-corrected chi connectivity index (χ2v) is 3.44. The Balaban J connectivity index is 2.16. The topological polar surface area (TPSA) is 26.3 Å². The minimum absolute atomic E-state index is 0.00866. The maximum atomic E-state index is 11.2. The van der Waals surface area contributed by atoms with E-state index in [9.17, 15) is 4.79 Å². The molecule has 0 bridgehead atoms. The van der Waals surface area contributed by atoms with Crippen LogP contribution < -0.4 is 0 Å². The average Bonchev–Trinajstić information content (AvgIpc) is 2.31. The van der Waals surface area contributed by atoms with Crippen LogP contribution in [0.15, 0.2) is 11.6 Å². The monoisotopic (exact) mass is 152 g/mol. The molecule has 1 fully saturated rings. The van der Waals surface area contributed by atoms with Gasteiger partial charge in [-0.05, 0) is 25.7 Å². The summed E-state index contributed by atoms with van der Waals surface area (Å²) in [7, 11) is 0. The molecule has 0 spiro atoms. The highest BCUT2D eigenvalue weighted by atomic mass is 16.5. The molecule has 1 aliphatic carbocycles. The molecule has 0 aromatic rings. The van der Waals surface area contributed by atoms with Crippen LogP contribution in [0.5, 0.6) is 0 Å². The third kappa shape index (κ3) is 1.06. The summed E-state index contributed by atoms with van der Waals surface area (Å²) < 4.78 is 4.97. The van der Waals surface area contributed by atoms with Crippen LogP contribution in [0, 0.1) is 11.8 Å². The Kier molecular flexibility index (Phi) is 1.48. The molecule has 0 amide bonds. The number of cyclic esters (lactones) is 1. The first kappa shape index (κ1) is 6.89. The van der Waals surface area contributed by atoms with Crippen molar-refractivity contribution in [2.75, 3.05) is 6.61 Å². The van der Waals surface area contributed by atoms with Crippen molar-refractivity contribution in [1.29, 1.82) is 0 Å². The fourth-order valence-corrected chi connectivity index (χ4v) is 1.99. The molecule has 0 saturated carbocycles. The number of esters is 1. The first-order valence-electron chi connectivity index (χ1n) is 4.11. The smallest absolute Gasteiger partial charge is 0.309 e. The normalized spacial score (nSPS) is 36.1. The second kappa shape index (κ2) is 2.36. The number of carbonyl (C=O) groups is 1. The van der Waals surface area contributed by atoms with Gasteiger partial charge in [0.25, 0.3) is 0 Å². The van der Waals surface area contributed by atoms with Gasteiger partial charge in [0.15, 0.2) is 0 Å². The van der Waals surface area contributed by atoms with Gasteiger partial charge in [-0.3, -0.25) is 4.79 Å². The van der Waals surface area contributed by atoms with E-state index >= 15 is 0 Å². The first-order chi connectivity index (χ1) is 5.27. The summed E-state index contributed by atoms with van der Waals surface area (Å²) in [5, 5.41) is 0. The summed E-state index contributed by atoms with van der Waals surface area (Å²) in [4.78, 5) is 11.2. The van der Waals surface area contributed by atoms with E-state index in [2.05, 4.69) is 13.0 Å². The van der Waals surface area contributed by atoms with Crippen molar-refractivity contribution in [1.82, 2.24) is 0 Å². The summed E-state index contributed by atoms with van der Waals surface area (Å²) in [5.74, 6) is 0.648. The zero-order valence-corrected chi connectivity index (χ0v) is 6.67. The standard InChI is InChI=1S/C9H12O2/c1-6-4-7-2-3-11-9(10)8(7)5-6/h4,7-8H,2-3,5H2,1H3. The Bertz CT molecular complexity index is 218. The molecule has 2 aliphatic rings. The first-order valence-corrected chi connectivity index (χ1v) is 4.11. The van der Waals surface area contributed by atoms with E-state index in [4.69, 9.17) is 4.74 Å². The molecule has 60 valence electrons. The van der Waals surface area contributed by atoms with Crippen molar-refractivity contribution in [3.05, 3.63) is 11.6 Å². The minimum Gasteiger partial charge on any atom is -0.465 e. The van der Waals surface area contributed by atoms with E-state index < -0.39 is 0 Å². The molecule has 2 nitrogen and oxygen atoms in total. The van der Waals surface area contributed by atoms with Crippen molar-refractivity contribution in [2.24, 2.45) is 11.8 Å². The van der Waals surface area contributed by atoms with Crippen LogP contribution in [0.1, 0.15) is 19.8 Å². The van der Waals surface area contributed by atoms with Crippen LogP contribution in [-0.2, 0) is 9.53 Å². The third-order valence-corrected chi connectivity index (χ3v) is 2.56. The molecule has 1 saturated heterocycles. The van der Waals surface area contributed by atoms with E-state index in [1.165, 1.54) is 5.57 Å². The summed E-state index contributed by atoms with van der Waals surface area (Å²) >= 11 is 0. The number of rotatable bonds is 0. The predicted molar refractivity (Wildman–Crippen MR) is 40.9 cm³/mol. The zero-order valence-electron chi connectivity index (χ0n) is 6.67. The molecule has 0 N–H and O–H groups in total. The molecule has 2 heteroatoms. The lowest BCUT2D eigenvalue weighted by atomic mass is 9.91. The van der Waals surface area contributed by atoms with Gasteiger partial charge in [0.05, 0.1) is 12.5 Å². The van der Waals surface area contributed by atoms with Gasteiger partial charge in [-0.15, -0.1) is 0 Å². The molecule has 2 rings (SSSR count). The Labute approximate surface area is 66.2 Å². The van der Waals surface area contributed by atoms with Crippen LogP contribution in [0.3, 0.4) is 0 Å². The molecule has 0 aromatic carbocycles. The van der Waals surface area contributed by atoms with Crippen LogP contribution in [0.4, 0.5) is 0 Å². The lowest BCUT2D eigenvalue weighted by Gasteiger charge is -2.23. The number of allylic oxidation sites excluding steroid dienone is 2. The van der Waals surface area contributed by atoms with Gasteiger partial charge in [-0.2, -0.15) is 0 Å². The highest BCUT2D eigenvalue weighted by Gasteiger charge is 2.35. The molecule has 0 radical (unpaired) electrons. The highest BCUT2D eigenvalue weighted by Crippen LogP contribution is 2.36. The molecule has 2 atom stereocenters. The lowest BCUT2D eigenvalue weighted by Crippen LogP contribution is -2.28. The van der Waals surface area contributed by atoms with Gasteiger partial charge in [-0.25, -0.2) is 0 Å². The molecular weight excluding hydrogens is 140 g/mol. The number of hydrogen-bond acceptors (Lipinski definition) is 2. The molecule has 0 aromatic heterocycles. The summed E-state index contributed by atoms with van der Waals surface area (Å²) in [6.45, 7) is 2.70. The van der Waals surface area contributed by atoms with Gasteiger partial charge in [0.1, 0.15) is 0 Å². The minimum atomic E-state index is 0.00866. The highest BCUT2D eigenvalue weighted by molar-refractivity contribution is 5.75. The third-order valence-electron chi connectivity index (χ3n) is 2.56. The van der Waals surface area contributed by atoms with Crippen molar-refractivity contribution in [3.63, 3.8) is 0 Å². The number of ether oxygens (including phenoxy) is 1. The number of carbonyl (C=O) groups excluding carboxylic acids is 1. The van der Waals surface area contributed by atoms with Crippen LogP contribution in [0.2, 0.25) is 0 Å². The van der Waals surface area contributed by atoms with Gasteiger partial charge in [0.2, 0.25) is 0 Å². The van der Waals surface area contributed by atoms with Gasteiger partial charge in [0, 0.05) is 0 Å². The fourth-order valence-electron chi connectivity index (χ4n) is 1.99. The predicted octanol–water partition coefficient (Wildman–Crippen LogP) is 1.52. The largest absolute Gasteiger partial charge is 0.465 e. The van der Waals surface area contributed by atoms with E-state index in [-0.39, 0.29) is 11.9 Å². The van der Waals surface area contributed by atoms with E-state index in [0.717, 1.165) is 12.8 Å². The van der Waals surface area contributed by atoms with Crippen molar-refractivity contribution < 1.29 is 9.53 Å². The maximum absolute atomic E-state index is 11.2. The van der Waals surface area contributed by atoms with Crippen LogP contribution >= 0.6 is 0 Å². The summed E-state index contributed by atoms with van der Waals surface area (Å²) in [6.07, 6.45) is 4.17. The van der Waals surface area contributed by atoms with Gasteiger partial charge >= 0.3 is 5.97 Å². The zero-order chi connectivity index (χ0) is 7.84. The van der Waals surface area contributed by atoms with Crippen molar-refractivity contribution in [3.8, 4) is 0 Å². The Hall–Kier alpha value is -0.790. The van der Waals surface area contributed by atoms with Crippen molar-refractivity contribution in [2.45, 2.75) is 19.8 Å². The van der Waals surface area contributed by atoms with Gasteiger partial charge < -0.3 is 4.74 Å². The van der Waals surface area contributed by atoms with E-state index in [1.54, 1.807) is 0 Å². The number of hydrogen-bond donors (Lipinski definition) is 0. The molecule has 11 heavy (non-hydrogen) atoms. The molecular formula is C9H12O2. The second-order valence-electron chi connectivity index (χ2n) is 3.44. The number of fused-ring (bicyclic) bond motifs is 1. The Morgan fingerprint density at radius 2 is 2.45 bits per heavy atom. The Morgan fingerprint density at radius 1 is 1.64 bits per heavy atom. The SMILES string of the molecule is CC1=CC2CCOC(=O)C2C1. The lowest BCUT2D eigenvalue weighted by molar-refractivity contribution is -0.154. The summed E-state index contributed by atoms with van der Waals surface area (Å²) in [6, 6.07) is 0. The molecule has 2 unspecified atom stereocenters. The molecule has 1 heterocycles. The average molecular weight is 152 g/mol. The molecule has 1 aliphatic heterocycles. The van der Waals surface area contributed by atoms with Crippen molar-refractivity contribution >= 4 is 5.97 Å². The van der Waals surface area contributed by atoms with E-state index in [1.807, 2.05) is 0 Å².